The van der Waals surface area contributed by atoms with Crippen LogP contribution >= 0.6 is 23.1 Å². The van der Waals surface area contributed by atoms with E-state index in [0.717, 1.165) is 33.6 Å². The van der Waals surface area contributed by atoms with E-state index in [2.05, 4.69) is 30.6 Å². The molecule has 9 heteroatoms. The number of fused-ring (bicyclic) bond motifs is 1. The van der Waals surface area contributed by atoms with Crippen molar-refractivity contribution < 1.29 is 0 Å². The van der Waals surface area contributed by atoms with Gasteiger partial charge in [-0.25, -0.2) is 9.97 Å². The zero-order valence-electron chi connectivity index (χ0n) is 11.1. The first-order chi connectivity index (χ1) is 9.78. The van der Waals surface area contributed by atoms with Crippen molar-refractivity contribution in [3.05, 3.63) is 17.5 Å². The Hall–Kier alpha value is -1.74. The molecule has 0 aromatic carbocycles. The maximum atomic E-state index is 4.56. The van der Waals surface area contributed by atoms with Crippen LogP contribution in [-0.2, 0) is 12.8 Å². The molecule has 0 spiro atoms. The van der Waals surface area contributed by atoms with E-state index in [4.69, 9.17) is 0 Å². The average molecular weight is 307 g/mol. The monoisotopic (exact) mass is 307 g/mol. The molecular formula is C11H13N7S2. The van der Waals surface area contributed by atoms with Gasteiger partial charge in [-0.05, 0) is 6.92 Å². The summed E-state index contributed by atoms with van der Waals surface area (Å²) in [5, 5.41) is 16.3. The number of aromatic nitrogens is 6. The molecule has 3 heterocycles. The van der Waals surface area contributed by atoms with E-state index in [-0.39, 0.29) is 0 Å². The molecule has 3 aromatic rings. The highest BCUT2D eigenvalue weighted by Gasteiger charge is 2.11. The quantitative estimate of drug-likeness (QED) is 0.721. The number of anilines is 1. The minimum Gasteiger partial charge on any atom is -0.370 e. The largest absolute Gasteiger partial charge is 0.370 e. The van der Waals surface area contributed by atoms with Crippen LogP contribution in [0.5, 0.6) is 0 Å². The lowest BCUT2D eigenvalue weighted by Gasteiger charge is -2.06. The molecule has 0 saturated carbocycles. The summed E-state index contributed by atoms with van der Waals surface area (Å²) in [7, 11) is 1.88. The number of hydrogen-bond donors (Lipinski definition) is 1. The lowest BCUT2D eigenvalue weighted by atomic mass is 10.4. The average Bonchev–Trinajstić information content (AvgIpc) is 3.08. The fourth-order valence-electron chi connectivity index (χ4n) is 1.79. The van der Waals surface area contributed by atoms with Gasteiger partial charge in [0.2, 0.25) is 0 Å². The van der Waals surface area contributed by atoms with Crippen LogP contribution in [-0.4, -0.2) is 36.5 Å². The van der Waals surface area contributed by atoms with Crippen LogP contribution in [0.15, 0.2) is 16.0 Å². The van der Waals surface area contributed by atoms with Crippen molar-refractivity contribution in [3.63, 3.8) is 0 Å². The molecule has 0 saturated heterocycles. The van der Waals surface area contributed by atoms with Crippen molar-refractivity contribution in [1.82, 2.24) is 29.9 Å². The third-order valence-corrected chi connectivity index (χ3v) is 4.50. The van der Waals surface area contributed by atoms with Gasteiger partial charge in [0.15, 0.2) is 9.99 Å². The van der Waals surface area contributed by atoms with Crippen LogP contribution in [0.1, 0.15) is 12.7 Å². The summed E-state index contributed by atoms with van der Waals surface area (Å²) in [6, 6.07) is 0. The van der Waals surface area contributed by atoms with Gasteiger partial charge in [0.25, 0.3) is 0 Å². The van der Waals surface area contributed by atoms with E-state index < -0.39 is 0 Å². The second-order valence-corrected chi connectivity index (χ2v) is 6.07. The summed E-state index contributed by atoms with van der Waals surface area (Å²) in [6.07, 6.45) is 1.79. The van der Waals surface area contributed by atoms with Gasteiger partial charge in [0, 0.05) is 13.6 Å². The van der Waals surface area contributed by atoms with Crippen LogP contribution in [0.4, 0.5) is 5.82 Å². The molecule has 7 nitrogen and oxygen atoms in total. The van der Waals surface area contributed by atoms with Gasteiger partial charge in [-0.1, -0.05) is 23.1 Å². The molecule has 0 fully saturated rings. The fourth-order valence-corrected chi connectivity index (χ4v) is 3.13. The van der Waals surface area contributed by atoms with Crippen LogP contribution in [0.25, 0.3) is 11.0 Å². The van der Waals surface area contributed by atoms with E-state index in [1.54, 1.807) is 28.2 Å². The normalized spacial score (nSPS) is 11.1. The Kier molecular flexibility index (Phi) is 3.79. The Morgan fingerprint density at radius 1 is 1.40 bits per heavy atom. The highest BCUT2D eigenvalue weighted by atomic mass is 32.2. The van der Waals surface area contributed by atoms with Crippen LogP contribution < -0.4 is 5.32 Å². The second kappa shape index (κ2) is 5.71. The predicted molar refractivity (Wildman–Crippen MR) is 79.9 cm³/mol. The minimum absolute atomic E-state index is 0.661. The third-order valence-electron chi connectivity index (χ3n) is 2.65. The lowest BCUT2D eigenvalue weighted by molar-refractivity contribution is 0.782. The molecule has 3 aromatic heterocycles. The zero-order chi connectivity index (χ0) is 13.9. The Labute approximate surface area is 123 Å². The first kappa shape index (κ1) is 13.3. The molecule has 0 radical (unpaired) electrons. The Morgan fingerprint density at radius 3 is 3.05 bits per heavy atom. The van der Waals surface area contributed by atoms with Crippen molar-refractivity contribution >= 4 is 39.9 Å². The predicted octanol–water partition coefficient (Wildman–Crippen LogP) is 1.94. The highest BCUT2D eigenvalue weighted by Crippen LogP contribution is 2.25. The summed E-state index contributed by atoms with van der Waals surface area (Å²) < 4.78 is 2.68. The molecular weight excluding hydrogens is 294 g/mol. The van der Waals surface area contributed by atoms with E-state index in [0.29, 0.717) is 5.75 Å². The van der Waals surface area contributed by atoms with Crippen LogP contribution in [0.2, 0.25) is 0 Å². The smallest absolute Gasteiger partial charge is 0.174 e. The van der Waals surface area contributed by atoms with Gasteiger partial charge in [-0.3, -0.25) is 4.68 Å². The van der Waals surface area contributed by atoms with Crippen molar-refractivity contribution in [2.75, 3.05) is 11.9 Å². The number of nitrogens with one attached hydrogen (secondary N) is 1. The van der Waals surface area contributed by atoms with Crippen molar-refractivity contribution in [3.8, 4) is 0 Å². The number of thioether (sulfide) groups is 1. The van der Waals surface area contributed by atoms with Gasteiger partial charge < -0.3 is 5.32 Å². The number of aryl methyl sites for hydroxylation is 1. The first-order valence-electron chi connectivity index (χ1n) is 6.09. The molecule has 104 valence electrons. The molecule has 0 aliphatic carbocycles. The Balaban J connectivity index is 1.91. The Morgan fingerprint density at radius 2 is 2.30 bits per heavy atom. The molecule has 1 N–H and O–H groups in total. The van der Waals surface area contributed by atoms with Gasteiger partial charge in [0.05, 0.1) is 17.3 Å². The summed E-state index contributed by atoms with van der Waals surface area (Å²) in [5.74, 6) is 2.25. The summed E-state index contributed by atoms with van der Waals surface area (Å²) >= 11 is 3.10. The first-order valence-corrected chi connectivity index (χ1v) is 7.96. The van der Waals surface area contributed by atoms with Crippen LogP contribution in [0.3, 0.4) is 0 Å². The summed E-state index contributed by atoms with van der Waals surface area (Å²) in [6.45, 7) is 2.85. The van der Waals surface area contributed by atoms with Crippen LogP contribution in [0, 0.1) is 0 Å². The van der Waals surface area contributed by atoms with Crippen molar-refractivity contribution in [2.45, 2.75) is 17.0 Å². The summed E-state index contributed by atoms with van der Waals surface area (Å²) in [4.78, 5) is 9.13. The fraction of sp³-hybridized carbons (Fsp3) is 0.364. The molecule has 3 rings (SSSR count). The van der Waals surface area contributed by atoms with E-state index >= 15 is 0 Å². The molecule has 0 aliphatic heterocycles. The van der Waals surface area contributed by atoms with E-state index in [1.165, 1.54) is 11.3 Å². The maximum Gasteiger partial charge on any atom is 0.174 e. The Bertz CT molecular complexity index is 707. The van der Waals surface area contributed by atoms with Crippen molar-refractivity contribution in [1.29, 1.82) is 0 Å². The van der Waals surface area contributed by atoms with E-state index in [9.17, 15) is 0 Å². The van der Waals surface area contributed by atoms with Gasteiger partial charge in [-0.2, -0.15) is 5.10 Å². The van der Waals surface area contributed by atoms with Gasteiger partial charge >= 0.3 is 0 Å². The molecule has 0 aliphatic rings. The second-order valence-electron chi connectivity index (χ2n) is 4.02. The molecule has 0 bridgehead atoms. The van der Waals surface area contributed by atoms with Crippen molar-refractivity contribution in [2.24, 2.45) is 7.05 Å². The number of nitrogens with zero attached hydrogens (tertiary/aromatic N) is 6. The molecule has 20 heavy (non-hydrogen) atoms. The standard InChI is InChI=1S/C11H13N7S2/c1-3-12-9-7-4-14-18(2)10(7)16-8(15-9)5-19-11-17-13-6-20-11/h4,6H,3,5H2,1-2H3,(H,12,15,16). The number of hydrogen-bond acceptors (Lipinski definition) is 8. The maximum absolute atomic E-state index is 4.56. The summed E-state index contributed by atoms with van der Waals surface area (Å²) in [5.41, 5.74) is 2.56. The minimum atomic E-state index is 0.661. The lowest BCUT2D eigenvalue weighted by Crippen LogP contribution is -2.05. The molecule has 0 unspecified atom stereocenters. The molecule has 0 atom stereocenters. The third kappa shape index (κ3) is 2.59. The zero-order valence-corrected chi connectivity index (χ0v) is 12.7. The van der Waals surface area contributed by atoms with Gasteiger partial charge in [-0.15, -0.1) is 10.2 Å². The molecule has 0 amide bonds. The SMILES string of the molecule is CCNc1nc(CSc2nncs2)nc2c1cnn2C. The topological polar surface area (TPSA) is 81.4 Å². The highest BCUT2D eigenvalue weighted by molar-refractivity contribution is 8.00. The number of rotatable bonds is 5. The van der Waals surface area contributed by atoms with Gasteiger partial charge in [0.1, 0.15) is 17.2 Å². The van der Waals surface area contributed by atoms with E-state index in [1.807, 2.05) is 14.0 Å².